The van der Waals surface area contributed by atoms with E-state index in [1.54, 1.807) is 31.2 Å². The molecule has 1 fully saturated rings. The average Bonchev–Trinajstić information content (AvgIpc) is 3.59. The molecule has 0 spiro atoms. The van der Waals surface area contributed by atoms with Crippen LogP contribution in [-0.2, 0) is 4.79 Å². The maximum absolute atomic E-state index is 13.8. The number of hydrazone groups is 1. The Morgan fingerprint density at radius 2 is 1.71 bits per heavy atom. The number of nitrogens with one attached hydrogen (secondary N) is 2. The van der Waals surface area contributed by atoms with Crippen molar-refractivity contribution in [1.82, 2.24) is 5.43 Å². The largest absolute Gasteiger partial charge is 0.322 e. The molecule has 4 rings (SSSR count). The van der Waals surface area contributed by atoms with E-state index >= 15 is 0 Å². The maximum Gasteiger partial charge on any atom is 0.258 e. The van der Waals surface area contributed by atoms with E-state index in [4.69, 9.17) is 0 Å². The van der Waals surface area contributed by atoms with Crippen LogP contribution in [0.15, 0.2) is 84.0 Å². The van der Waals surface area contributed by atoms with Gasteiger partial charge in [0.2, 0.25) is 5.91 Å². The highest BCUT2D eigenvalue weighted by Gasteiger charge is 2.43. The molecule has 1 aliphatic rings. The molecule has 156 valence electrons. The lowest BCUT2D eigenvalue weighted by molar-refractivity contribution is -0.122. The number of halogens is 1. The summed E-state index contributed by atoms with van der Waals surface area (Å²) in [6.45, 7) is 1.78. The van der Waals surface area contributed by atoms with E-state index in [-0.39, 0.29) is 23.3 Å². The van der Waals surface area contributed by atoms with E-state index in [1.807, 2.05) is 36.4 Å². The van der Waals surface area contributed by atoms with Gasteiger partial charge in [-0.25, -0.2) is 9.82 Å². The standard InChI is InChI=1S/C25H22FN3O2/c1-16(28-29-25(31)22-15-21(22)17-8-3-2-4-9-17)18-10-7-11-19(14-18)27-24(30)20-12-5-6-13-23(20)26/h2-14,21-22H,15H2,1H3,(H,27,30)(H,29,31)/b28-16-/t21-,22-/m1/s1. The predicted octanol–water partition coefficient (Wildman–Crippen LogP) is 4.72. The molecule has 0 aromatic heterocycles. The Morgan fingerprint density at radius 1 is 0.968 bits per heavy atom. The maximum atomic E-state index is 13.8. The minimum Gasteiger partial charge on any atom is -0.322 e. The van der Waals surface area contributed by atoms with Gasteiger partial charge in [0, 0.05) is 11.6 Å². The quantitative estimate of drug-likeness (QED) is 0.452. The summed E-state index contributed by atoms with van der Waals surface area (Å²) in [5.74, 6) is -1.03. The second-order valence-corrected chi connectivity index (χ2v) is 7.55. The molecule has 5 nitrogen and oxygen atoms in total. The van der Waals surface area contributed by atoms with Crippen LogP contribution in [0.4, 0.5) is 10.1 Å². The third-order valence-corrected chi connectivity index (χ3v) is 5.35. The van der Waals surface area contributed by atoms with Gasteiger partial charge in [0.1, 0.15) is 5.82 Å². The number of anilines is 1. The normalized spacial score (nSPS) is 17.7. The molecule has 0 unspecified atom stereocenters. The summed E-state index contributed by atoms with van der Waals surface area (Å²) >= 11 is 0. The Kier molecular flexibility index (Phi) is 5.89. The SMILES string of the molecule is C/C(=N/NC(=O)[C@@H]1C[C@@H]1c1ccccc1)c1cccc(NC(=O)c2ccccc2F)c1. The van der Waals surface area contributed by atoms with Crippen molar-refractivity contribution in [1.29, 1.82) is 0 Å². The highest BCUT2D eigenvalue weighted by Crippen LogP contribution is 2.47. The molecule has 2 amide bonds. The van der Waals surface area contributed by atoms with Crippen LogP contribution < -0.4 is 10.7 Å². The van der Waals surface area contributed by atoms with Gasteiger partial charge in [-0.15, -0.1) is 0 Å². The van der Waals surface area contributed by atoms with Gasteiger partial charge in [-0.3, -0.25) is 9.59 Å². The minimum atomic E-state index is -0.578. The number of nitrogens with zero attached hydrogens (tertiary/aromatic N) is 1. The number of hydrogen-bond donors (Lipinski definition) is 2. The third kappa shape index (κ3) is 4.86. The first-order valence-corrected chi connectivity index (χ1v) is 10.1. The summed E-state index contributed by atoms with van der Waals surface area (Å²) < 4.78 is 13.8. The van der Waals surface area contributed by atoms with Crippen molar-refractivity contribution in [2.75, 3.05) is 5.32 Å². The average molecular weight is 415 g/mol. The van der Waals surface area contributed by atoms with E-state index in [9.17, 15) is 14.0 Å². The van der Waals surface area contributed by atoms with Crippen LogP contribution >= 0.6 is 0 Å². The number of amides is 2. The molecule has 2 atom stereocenters. The molecular formula is C25H22FN3O2. The van der Waals surface area contributed by atoms with Gasteiger partial charge < -0.3 is 5.32 Å². The van der Waals surface area contributed by atoms with E-state index in [0.29, 0.717) is 11.4 Å². The first kappa shape index (κ1) is 20.5. The van der Waals surface area contributed by atoms with Crippen molar-refractivity contribution in [3.63, 3.8) is 0 Å². The van der Waals surface area contributed by atoms with Gasteiger partial charge in [-0.2, -0.15) is 5.10 Å². The van der Waals surface area contributed by atoms with E-state index in [1.165, 1.54) is 23.8 Å². The predicted molar refractivity (Wildman–Crippen MR) is 118 cm³/mol. The van der Waals surface area contributed by atoms with Crippen molar-refractivity contribution >= 4 is 23.2 Å². The molecule has 3 aromatic rings. The smallest absolute Gasteiger partial charge is 0.258 e. The van der Waals surface area contributed by atoms with E-state index in [0.717, 1.165) is 12.0 Å². The Labute approximate surface area is 180 Å². The summed E-state index contributed by atoms with van der Waals surface area (Å²) in [5.41, 5.74) is 5.65. The van der Waals surface area contributed by atoms with Crippen molar-refractivity contribution in [3.8, 4) is 0 Å². The minimum absolute atomic E-state index is 0.0250. The first-order chi connectivity index (χ1) is 15.0. The molecule has 0 bridgehead atoms. The van der Waals surface area contributed by atoms with Crippen molar-refractivity contribution in [3.05, 3.63) is 101 Å². The number of benzene rings is 3. The monoisotopic (exact) mass is 415 g/mol. The summed E-state index contributed by atoms with van der Waals surface area (Å²) in [5, 5.41) is 6.91. The van der Waals surface area contributed by atoms with Gasteiger partial charge in [-0.05, 0) is 54.7 Å². The molecule has 1 aliphatic carbocycles. The number of carbonyl (C=O) groups excluding carboxylic acids is 2. The van der Waals surface area contributed by atoms with Crippen LogP contribution in [0.3, 0.4) is 0 Å². The highest BCUT2D eigenvalue weighted by atomic mass is 19.1. The number of rotatable bonds is 6. The molecule has 0 saturated heterocycles. The lowest BCUT2D eigenvalue weighted by Crippen LogP contribution is -2.21. The van der Waals surface area contributed by atoms with Crippen LogP contribution in [0.5, 0.6) is 0 Å². The van der Waals surface area contributed by atoms with Crippen LogP contribution in [0.25, 0.3) is 0 Å². The zero-order chi connectivity index (χ0) is 21.8. The Morgan fingerprint density at radius 3 is 2.48 bits per heavy atom. The number of carbonyl (C=O) groups is 2. The summed E-state index contributed by atoms with van der Waals surface area (Å²) in [7, 11) is 0. The third-order valence-electron chi connectivity index (χ3n) is 5.35. The summed E-state index contributed by atoms with van der Waals surface area (Å²) in [6, 6.07) is 22.8. The molecule has 31 heavy (non-hydrogen) atoms. The molecule has 0 aliphatic heterocycles. The molecule has 0 radical (unpaired) electrons. The molecule has 3 aromatic carbocycles. The fraction of sp³-hybridized carbons (Fsp3) is 0.160. The van der Waals surface area contributed by atoms with Gasteiger partial charge in [0.05, 0.1) is 11.3 Å². The van der Waals surface area contributed by atoms with Gasteiger partial charge >= 0.3 is 0 Å². The van der Waals surface area contributed by atoms with Crippen molar-refractivity contribution in [2.24, 2.45) is 11.0 Å². The Balaban J connectivity index is 1.38. The van der Waals surface area contributed by atoms with Crippen LogP contribution in [-0.4, -0.2) is 17.5 Å². The van der Waals surface area contributed by atoms with Crippen molar-refractivity contribution < 1.29 is 14.0 Å². The van der Waals surface area contributed by atoms with Crippen LogP contribution in [0.1, 0.15) is 40.7 Å². The first-order valence-electron chi connectivity index (χ1n) is 10.1. The fourth-order valence-corrected chi connectivity index (χ4v) is 3.51. The Hall–Kier alpha value is -3.80. The second-order valence-electron chi connectivity index (χ2n) is 7.55. The van der Waals surface area contributed by atoms with E-state index in [2.05, 4.69) is 15.8 Å². The van der Waals surface area contributed by atoms with Gasteiger partial charge in [-0.1, -0.05) is 54.6 Å². The topological polar surface area (TPSA) is 70.6 Å². The van der Waals surface area contributed by atoms with Gasteiger partial charge in [0.15, 0.2) is 0 Å². The number of hydrogen-bond acceptors (Lipinski definition) is 3. The molecule has 1 saturated carbocycles. The van der Waals surface area contributed by atoms with Crippen LogP contribution in [0.2, 0.25) is 0 Å². The highest BCUT2D eigenvalue weighted by molar-refractivity contribution is 6.06. The van der Waals surface area contributed by atoms with Crippen LogP contribution in [0, 0.1) is 11.7 Å². The zero-order valence-electron chi connectivity index (χ0n) is 17.0. The fourth-order valence-electron chi connectivity index (χ4n) is 3.51. The van der Waals surface area contributed by atoms with E-state index < -0.39 is 11.7 Å². The second kappa shape index (κ2) is 8.92. The lowest BCUT2D eigenvalue weighted by atomic mass is 10.1. The Bertz CT molecular complexity index is 1140. The molecule has 0 heterocycles. The molecule has 6 heteroatoms. The van der Waals surface area contributed by atoms with Crippen molar-refractivity contribution in [2.45, 2.75) is 19.3 Å². The molecule has 2 N–H and O–H groups in total. The summed E-state index contributed by atoms with van der Waals surface area (Å²) in [4.78, 5) is 24.7. The molecular weight excluding hydrogens is 393 g/mol. The lowest BCUT2D eigenvalue weighted by Gasteiger charge is -2.08. The zero-order valence-corrected chi connectivity index (χ0v) is 17.0. The van der Waals surface area contributed by atoms with Gasteiger partial charge in [0.25, 0.3) is 5.91 Å². The summed E-state index contributed by atoms with van der Waals surface area (Å²) in [6.07, 6.45) is 0.821.